The maximum Gasteiger partial charge on any atom is 0.352 e. The van der Waals surface area contributed by atoms with E-state index in [9.17, 15) is 27.9 Å². The Balaban J connectivity index is 1.88. The van der Waals surface area contributed by atoms with Gasteiger partial charge in [-0.3, -0.25) is 14.5 Å². The highest BCUT2D eigenvalue weighted by atomic mass is 32.2. The van der Waals surface area contributed by atoms with Crippen LogP contribution >= 0.6 is 23.5 Å². The highest BCUT2D eigenvalue weighted by Gasteiger charge is 2.66. The number of carboxylic acids is 1. The second-order valence-corrected chi connectivity index (χ2v) is 11.0. The third-order valence-corrected chi connectivity index (χ3v) is 7.55. The van der Waals surface area contributed by atoms with Crippen molar-refractivity contribution in [3.05, 3.63) is 11.3 Å². The minimum atomic E-state index is -3.63. The van der Waals surface area contributed by atoms with E-state index >= 15 is 0 Å². The molecule has 1 aromatic rings. The van der Waals surface area contributed by atoms with E-state index in [-0.39, 0.29) is 16.7 Å². The van der Waals surface area contributed by atoms with Crippen molar-refractivity contribution in [1.82, 2.24) is 30.8 Å². The number of hydrogen-bond acceptors (Lipinski definition) is 11. The average Bonchev–Trinajstić information content (AvgIpc) is 3.15. The fraction of sp³-hybridized carbons (Fsp3) is 0.571. The van der Waals surface area contributed by atoms with Crippen LogP contribution in [0.4, 0.5) is 0 Å². The first-order valence-corrected chi connectivity index (χ1v) is 12.3. The lowest BCUT2D eigenvalue weighted by atomic mass is 9.97. The number of carboxylic acid groups (broad SMARTS) is 1. The lowest BCUT2D eigenvalue weighted by Crippen LogP contribution is -2.81. The number of aromatic nitrogens is 4. The number of H-pyrrole nitrogens is 1. The standard InChI is InChI=1S/C14H18N6O7S3/c1-6(29-13-16-18-19-17-13)7-4-28-12-14(27-2,15-8(21)5-30(3,25)26)11(24)20(12)9(7)10(22)23/h6,12H,4-5H2,1-3H3,(H,15,21)(H,22,23)(H,16,17,18,19)/t6?,12-,14-/m0/s1. The summed E-state index contributed by atoms with van der Waals surface area (Å²) >= 11 is 2.37. The van der Waals surface area contributed by atoms with Crippen molar-refractivity contribution in [2.45, 2.75) is 28.4 Å². The number of β-lactam (4-membered cyclic amide) rings is 1. The molecule has 0 bridgehead atoms. The Kier molecular flexibility index (Phi) is 6.13. The first kappa shape index (κ1) is 22.5. The smallest absolute Gasteiger partial charge is 0.352 e. The van der Waals surface area contributed by atoms with Crippen LogP contribution in [0.2, 0.25) is 0 Å². The van der Waals surface area contributed by atoms with Crippen molar-refractivity contribution in [2.75, 3.05) is 24.9 Å². The molecular weight excluding hydrogens is 460 g/mol. The number of amides is 2. The van der Waals surface area contributed by atoms with E-state index in [1.54, 1.807) is 6.92 Å². The van der Waals surface area contributed by atoms with Gasteiger partial charge in [0.1, 0.15) is 16.8 Å². The predicted molar refractivity (Wildman–Crippen MR) is 105 cm³/mol. The van der Waals surface area contributed by atoms with Crippen molar-refractivity contribution in [1.29, 1.82) is 0 Å². The molecule has 2 aliphatic heterocycles. The van der Waals surface area contributed by atoms with E-state index < -0.39 is 44.5 Å². The molecule has 164 valence electrons. The number of hydrogen-bond donors (Lipinski definition) is 3. The molecule has 0 spiro atoms. The van der Waals surface area contributed by atoms with Crippen LogP contribution in [0.15, 0.2) is 16.4 Å². The van der Waals surface area contributed by atoms with Crippen molar-refractivity contribution < 1.29 is 32.6 Å². The number of rotatable bonds is 8. The van der Waals surface area contributed by atoms with Crippen LogP contribution in [-0.2, 0) is 29.0 Å². The first-order valence-electron chi connectivity index (χ1n) is 8.35. The number of thioether (sulfide) groups is 2. The van der Waals surface area contributed by atoms with Gasteiger partial charge >= 0.3 is 5.97 Å². The quantitative estimate of drug-likeness (QED) is 0.222. The Labute approximate surface area is 179 Å². The Hall–Kier alpha value is -2.17. The summed E-state index contributed by atoms with van der Waals surface area (Å²) in [5.74, 6) is -3.61. The number of ether oxygens (including phenoxy) is 1. The molecule has 2 aliphatic rings. The van der Waals surface area contributed by atoms with Gasteiger partial charge in [0.2, 0.25) is 11.1 Å². The topological polar surface area (TPSA) is 185 Å². The minimum absolute atomic E-state index is 0.211. The Morgan fingerprint density at radius 1 is 1.53 bits per heavy atom. The molecular formula is C14H18N6O7S3. The van der Waals surface area contributed by atoms with E-state index in [0.717, 1.165) is 11.2 Å². The summed E-state index contributed by atoms with van der Waals surface area (Å²) < 4.78 is 28.0. The van der Waals surface area contributed by atoms with Crippen LogP contribution in [0, 0.1) is 0 Å². The molecule has 3 rings (SSSR count). The Morgan fingerprint density at radius 3 is 2.77 bits per heavy atom. The Morgan fingerprint density at radius 2 is 2.23 bits per heavy atom. The molecule has 1 fully saturated rings. The van der Waals surface area contributed by atoms with E-state index in [1.807, 2.05) is 0 Å². The molecule has 3 N–H and O–H groups in total. The Bertz CT molecular complexity index is 1010. The monoisotopic (exact) mass is 478 g/mol. The molecule has 30 heavy (non-hydrogen) atoms. The fourth-order valence-corrected chi connectivity index (χ4v) is 6.18. The minimum Gasteiger partial charge on any atom is -0.477 e. The van der Waals surface area contributed by atoms with Gasteiger partial charge in [0.25, 0.3) is 11.6 Å². The summed E-state index contributed by atoms with van der Waals surface area (Å²) in [6.45, 7) is 1.75. The summed E-state index contributed by atoms with van der Waals surface area (Å²) in [5.41, 5.74) is -1.58. The molecule has 16 heteroatoms. The fourth-order valence-electron chi connectivity index (χ4n) is 3.13. The lowest BCUT2D eigenvalue weighted by molar-refractivity contribution is -0.192. The maximum absolute atomic E-state index is 12.9. The van der Waals surface area contributed by atoms with E-state index in [1.165, 1.54) is 30.6 Å². The zero-order chi connectivity index (χ0) is 22.3. The molecule has 1 saturated heterocycles. The summed E-state index contributed by atoms with van der Waals surface area (Å²) in [5, 5.41) is 24.6. The van der Waals surface area contributed by atoms with Gasteiger partial charge in [-0.1, -0.05) is 11.8 Å². The zero-order valence-electron chi connectivity index (χ0n) is 16.0. The lowest BCUT2D eigenvalue weighted by Gasteiger charge is -2.56. The molecule has 3 atom stereocenters. The largest absolute Gasteiger partial charge is 0.477 e. The van der Waals surface area contributed by atoms with Gasteiger partial charge in [-0.2, -0.15) is 5.21 Å². The van der Waals surface area contributed by atoms with Gasteiger partial charge in [-0.05, 0) is 17.7 Å². The van der Waals surface area contributed by atoms with E-state index in [0.29, 0.717) is 10.7 Å². The summed E-state index contributed by atoms with van der Waals surface area (Å²) in [7, 11) is -2.44. The van der Waals surface area contributed by atoms with Crippen LogP contribution in [0.3, 0.4) is 0 Å². The number of aliphatic carboxylic acids is 1. The zero-order valence-corrected chi connectivity index (χ0v) is 18.4. The SMILES string of the molecule is CO[C@@]1(NC(=O)CS(C)(=O)=O)C(=O)N2C(C(=O)O)=C(C(C)Sc3nn[nH]n3)CS[C@H]21. The van der Waals surface area contributed by atoms with Gasteiger partial charge in [0.05, 0.1) is 0 Å². The molecule has 3 heterocycles. The number of carbonyl (C=O) groups excluding carboxylic acids is 2. The van der Waals surface area contributed by atoms with Crippen LogP contribution in [0.25, 0.3) is 0 Å². The third-order valence-electron chi connectivity index (χ3n) is 4.40. The molecule has 0 aliphatic carbocycles. The van der Waals surface area contributed by atoms with Crippen LogP contribution < -0.4 is 5.32 Å². The molecule has 1 aromatic heterocycles. The second kappa shape index (κ2) is 8.16. The molecule has 2 amide bonds. The van der Waals surface area contributed by atoms with Crippen molar-refractivity contribution in [3.8, 4) is 0 Å². The van der Waals surface area contributed by atoms with Gasteiger partial charge in [-0.15, -0.1) is 22.0 Å². The van der Waals surface area contributed by atoms with Crippen LogP contribution in [0.5, 0.6) is 0 Å². The number of fused-ring (bicyclic) bond motifs is 1. The third kappa shape index (κ3) is 4.03. The summed E-state index contributed by atoms with van der Waals surface area (Å²) in [6, 6.07) is 0. The van der Waals surface area contributed by atoms with Gasteiger partial charge in [0, 0.05) is 24.4 Å². The number of nitrogens with zero attached hydrogens (tertiary/aromatic N) is 4. The number of methoxy groups -OCH3 is 1. The molecule has 13 nitrogen and oxygen atoms in total. The number of aromatic amines is 1. The summed E-state index contributed by atoms with van der Waals surface area (Å²) in [4.78, 5) is 38.1. The van der Waals surface area contributed by atoms with Crippen LogP contribution in [0.1, 0.15) is 6.92 Å². The van der Waals surface area contributed by atoms with Gasteiger partial charge < -0.3 is 15.2 Å². The number of sulfone groups is 1. The van der Waals surface area contributed by atoms with E-state index in [4.69, 9.17) is 4.74 Å². The maximum atomic E-state index is 12.9. The number of tetrazole rings is 1. The van der Waals surface area contributed by atoms with E-state index in [2.05, 4.69) is 25.9 Å². The predicted octanol–water partition coefficient (Wildman–Crippen LogP) is -1.56. The highest BCUT2D eigenvalue weighted by molar-refractivity contribution is 8.01. The normalized spacial score (nSPS) is 24.8. The second-order valence-electron chi connectivity index (χ2n) is 6.53. The number of nitrogens with one attached hydrogen (secondary N) is 2. The van der Waals surface area contributed by atoms with Crippen LogP contribution in [-0.4, -0.2) is 98.1 Å². The number of carbonyl (C=O) groups is 3. The molecule has 1 unspecified atom stereocenters. The average molecular weight is 479 g/mol. The first-order chi connectivity index (χ1) is 14.0. The molecule has 0 saturated carbocycles. The molecule has 0 radical (unpaired) electrons. The molecule has 0 aromatic carbocycles. The van der Waals surface area contributed by atoms with Crippen molar-refractivity contribution in [2.24, 2.45) is 0 Å². The van der Waals surface area contributed by atoms with Crippen molar-refractivity contribution >= 4 is 51.1 Å². The summed E-state index contributed by atoms with van der Waals surface area (Å²) in [6.07, 6.45) is 0.886. The highest BCUT2D eigenvalue weighted by Crippen LogP contribution is 2.48. The van der Waals surface area contributed by atoms with Crippen molar-refractivity contribution in [3.63, 3.8) is 0 Å². The van der Waals surface area contributed by atoms with Gasteiger partial charge in [0.15, 0.2) is 9.84 Å². The van der Waals surface area contributed by atoms with Gasteiger partial charge in [-0.25, -0.2) is 13.2 Å².